The van der Waals surface area contributed by atoms with Gasteiger partial charge in [-0.2, -0.15) is 0 Å². The van der Waals surface area contributed by atoms with Crippen LogP contribution in [0.3, 0.4) is 0 Å². The first-order chi connectivity index (χ1) is 9.45. The van der Waals surface area contributed by atoms with Gasteiger partial charge in [-0.05, 0) is 31.0 Å². The van der Waals surface area contributed by atoms with Gasteiger partial charge in [-0.3, -0.25) is 0 Å². The number of benzene rings is 1. The van der Waals surface area contributed by atoms with E-state index in [1.165, 1.54) is 12.1 Å². The van der Waals surface area contributed by atoms with Crippen molar-refractivity contribution in [3.05, 3.63) is 35.9 Å². The fraction of sp³-hybridized carbons (Fsp3) is 0.438. The van der Waals surface area contributed by atoms with Crippen LogP contribution in [0.1, 0.15) is 44.6 Å². The molecule has 1 rings (SSSR count). The Bertz CT molecular complexity index is 479. The van der Waals surface area contributed by atoms with Gasteiger partial charge in [-0.15, -0.1) is 0 Å². The molecule has 0 amide bonds. The molecule has 4 nitrogen and oxygen atoms in total. The molecule has 0 saturated heterocycles. The summed E-state index contributed by atoms with van der Waals surface area (Å²) in [6.45, 7) is 7.49. The summed E-state index contributed by atoms with van der Waals surface area (Å²) in [6.07, 6.45) is 2.89. The molecular weight excluding hydrogens is 256 g/mol. The average molecular weight is 278 g/mol. The van der Waals surface area contributed by atoms with E-state index < -0.39 is 5.97 Å². The van der Waals surface area contributed by atoms with Gasteiger partial charge in [0.1, 0.15) is 0 Å². The van der Waals surface area contributed by atoms with E-state index in [0.717, 1.165) is 24.8 Å². The molecule has 1 atom stereocenters. The van der Waals surface area contributed by atoms with Crippen molar-refractivity contribution >= 4 is 5.97 Å². The first-order valence-electron chi connectivity index (χ1n) is 6.80. The molecule has 0 radical (unpaired) electrons. The lowest BCUT2D eigenvalue weighted by Gasteiger charge is -2.18. The van der Waals surface area contributed by atoms with E-state index in [1.54, 1.807) is 13.0 Å². The summed E-state index contributed by atoms with van der Waals surface area (Å²) in [6, 6.07) is 4.71. The topological polar surface area (TPSA) is 66.8 Å². The van der Waals surface area contributed by atoms with Crippen LogP contribution in [0, 0.1) is 0 Å². The van der Waals surface area contributed by atoms with E-state index in [2.05, 4.69) is 13.5 Å². The van der Waals surface area contributed by atoms with Crippen LogP contribution in [0.4, 0.5) is 0 Å². The van der Waals surface area contributed by atoms with Gasteiger partial charge in [0.2, 0.25) is 0 Å². The van der Waals surface area contributed by atoms with E-state index in [1.807, 2.05) is 0 Å². The molecule has 20 heavy (non-hydrogen) atoms. The second kappa shape index (κ2) is 7.58. The zero-order chi connectivity index (χ0) is 15.1. The third-order valence-electron chi connectivity index (χ3n) is 3.14. The monoisotopic (exact) mass is 278 g/mol. The molecule has 0 aromatic heterocycles. The van der Waals surface area contributed by atoms with Gasteiger partial charge in [0, 0.05) is 11.5 Å². The Morgan fingerprint density at radius 2 is 2.05 bits per heavy atom. The number of unbranched alkanes of at least 4 members (excludes halogenated alkanes) is 1. The Labute approximate surface area is 119 Å². The SMILES string of the molecule is C=C(C)C(=O)OCC(CCCC)c1ccc(O)c(O)c1. The number of hydrogen-bond acceptors (Lipinski definition) is 4. The number of ether oxygens (including phenoxy) is 1. The molecule has 0 fully saturated rings. The average Bonchev–Trinajstić information content (AvgIpc) is 2.41. The van der Waals surface area contributed by atoms with Gasteiger partial charge in [0.25, 0.3) is 0 Å². The molecule has 1 unspecified atom stereocenters. The highest BCUT2D eigenvalue weighted by molar-refractivity contribution is 5.86. The number of phenolic OH excluding ortho intramolecular Hbond substituents is 2. The number of carbonyl (C=O) groups excluding carboxylic acids is 1. The molecule has 0 saturated carbocycles. The van der Waals surface area contributed by atoms with Crippen molar-refractivity contribution in [2.75, 3.05) is 6.61 Å². The summed E-state index contributed by atoms with van der Waals surface area (Å²) < 4.78 is 5.20. The van der Waals surface area contributed by atoms with Crippen LogP contribution in [-0.4, -0.2) is 22.8 Å². The normalized spacial score (nSPS) is 11.9. The van der Waals surface area contributed by atoms with Crippen LogP contribution in [0.2, 0.25) is 0 Å². The maximum absolute atomic E-state index is 11.5. The fourth-order valence-electron chi connectivity index (χ4n) is 1.89. The minimum absolute atomic E-state index is 0.00440. The zero-order valence-electron chi connectivity index (χ0n) is 12.1. The number of aromatic hydroxyl groups is 2. The summed E-state index contributed by atoms with van der Waals surface area (Å²) in [7, 11) is 0. The maximum atomic E-state index is 11.5. The first-order valence-corrected chi connectivity index (χ1v) is 6.80. The van der Waals surface area contributed by atoms with Gasteiger partial charge in [0.05, 0.1) is 6.61 Å². The predicted octanol–water partition coefficient (Wildman–Crippen LogP) is 3.49. The Morgan fingerprint density at radius 1 is 1.35 bits per heavy atom. The molecule has 0 aliphatic carbocycles. The number of esters is 1. The molecule has 1 aromatic rings. The second-order valence-electron chi connectivity index (χ2n) is 4.97. The van der Waals surface area contributed by atoms with Gasteiger partial charge in [-0.25, -0.2) is 4.79 Å². The summed E-state index contributed by atoms with van der Waals surface area (Å²) in [4.78, 5) is 11.5. The zero-order valence-corrected chi connectivity index (χ0v) is 12.1. The molecule has 110 valence electrons. The molecule has 2 N–H and O–H groups in total. The molecule has 0 spiro atoms. The lowest BCUT2D eigenvalue weighted by Crippen LogP contribution is -2.13. The highest BCUT2D eigenvalue weighted by Gasteiger charge is 2.16. The maximum Gasteiger partial charge on any atom is 0.333 e. The highest BCUT2D eigenvalue weighted by atomic mass is 16.5. The van der Waals surface area contributed by atoms with Crippen molar-refractivity contribution in [2.24, 2.45) is 0 Å². The standard InChI is InChI=1S/C16H22O4/c1-4-5-6-13(10-20-16(19)11(2)3)12-7-8-14(17)15(18)9-12/h7-9,13,17-18H,2,4-6,10H2,1,3H3. The molecule has 4 heteroatoms. The van der Waals surface area contributed by atoms with Crippen molar-refractivity contribution in [1.29, 1.82) is 0 Å². The molecule has 0 bridgehead atoms. The van der Waals surface area contributed by atoms with Crippen molar-refractivity contribution in [1.82, 2.24) is 0 Å². The van der Waals surface area contributed by atoms with Crippen LogP contribution in [0.5, 0.6) is 11.5 Å². The van der Waals surface area contributed by atoms with Crippen LogP contribution >= 0.6 is 0 Å². The first kappa shape index (κ1) is 16.1. The van der Waals surface area contributed by atoms with Crippen molar-refractivity contribution in [2.45, 2.75) is 39.0 Å². The van der Waals surface area contributed by atoms with Crippen molar-refractivity contribution in [3.8, 4) is 11.5 Å². The van der Waals surface area contributed by atoms with Gasteiger partial charge < -0.3 is 14.9 Å². The van der Waals surface area contributed by atoms with Crippen LogP contribution < -0.4 is 0 Å². The number of carbonyl (C=O) groups is 1. The summed E-state index contributed by atoms with van der Waals surface area (Å²) in [5.74, 6) is -0.712. The Kier molecular flexibility index (Phi) is 6.10. The number of hydrogen-bond donors (Lipinski definition) is 2. The molecule has 0 heterocycles. The van der Waals surface area contributed by atoms with Crippen molar-refractivity contribution in [3.63, 3.8) is 0 Å². The van der Waals surface area contributed by atoms with Crippen LogP contribution in [0.15, 0.2) is 30.4 Å². The predicted molar refractivity (Wildman–Crippen MR) is 77.8 cm³/mol. The minimum Gasteiger partial charge on any atom is -0.504 e. The van der Waals surface area contributed by atoms with E-state index in [4.69, 9.17) is 4.74 Å². The van der Waals surface area contributed by atoms with E-state index in [9.17, 15) is 15.0 Å². The Balaban J connectivity index is 2.79. The largest absolute Gasteiger partial charge is 0.504 e. The Morgan fingerprint density at radius 3 is 2.60 bits per heavy atom. The lowest BCUT2D eigenvalue weighted by molar-refractivity contribution is -0.139. The highest BCUT2D eigenvalue weighted by Crippen LogP contribution is 2.31. The summed E-state index contributed by atoms with van der Waals surface area (Å²) in [5.41, 5.74) is 1.22. The second-order valence-corrected chi connectivity index (χ2v) is 4.97. The van der Waals surface area contributed by atoms with Crippen LogP contribution in [-0.2, 0) is 9.53 Å². The molecular formula is C16H22O4. The van der Waals surface area contributed by atoms with Gasteiger partial charge in [0.15, 0.2) is 11.5 Å². The summed E-state index contributed by atoms with van der Waals surface area (Å²) >= 11 is 0. The van der Waals surface area contributed by atoms with Crippen LogP contribution in [0.25, 0.3) is 0 Å². The van der Waals surface area contributed by atoms with Gasteiger partial charge in [-0.1, -0.05) is 32.4 Å². The smallest absolute Gasteiger partial charge is 0.333 e. The number of phenols is 2. The Hall–Kier alpha value is -1.97. The third kappa shape index (κ3) is 4.61. The molecule has 0 aliphatic heterocycles. The molecule has 0 aliphatic rings. The minimum atomic E-state index is -0.408. The fourth-order valence-corrected chi connectivity index (χ4v) is 1.89. The van der Waals surface area contributed by atoms with E-state index in [-0.39, 0.29) is 24.0 Å². The molecule has 1 aromatic carbocycles. The van der Waals surface area contributed by atoms with E-state index >= 15 is 0 Å². The summed E-state index contributed by atoms with van der Waals surface area (Å²) in [5, 5.41) is 18.9. The third-order valence-corrected chi connectivity index (χ3v) is 3.14. The van der Waals surface area contributed by atoms with E-state index in [0.29, 0.717) is 5.57 Å². The van der Waals surface area contributed by atoms with Crippen molar-refractivity contribution < 1.29 is 19.7 Å². The number of rotatable bonds is 7. The van der Waals surface area contributed by atoms with Gasteiger partial charge >= 0.3 is 5.97 Å². The quantitative estimate of drug-likeness (QED) is 0.455. The lowest BCUT2D eigenvalue weighted by atomic mass is 9.94.